The molecule has 1 rings (SSSR count). The molecule has 70 valence electrons. The summed E-state index contributed by atoms with van der Waals surface area (Å²) in [4.78, 5) is 0. The average molecular weight is 176 g/mol. The Morgan fingerprint density at radius 1 is 1.50 bits per heavy atom. The minimum absolute atomic E-state index is 0.652. The van der Waals surface area contributed by atoms with Crippen molar-refractivity contribution in [1.29, 1.82) is 0 Å². The largest absolute Gasteiger partial charge is 0.333 e. The molecule has 0 aliphatic rings. The standard InChI is InChI=1S/C6H8F2N2.C2H6/c1-2-5-3-9-10(4-5)6(7)8;1-2/h3-4,6H,2H2,1H3;1-2H3. The van der Waals surface area contributed by atoms with Crippen LogP contribution in [0.4, 0.5) is 8.78 Å². The maximum absolute atomic E-state index is 11.8. The maximum atomic E-state index is 11.8. The normalized spacial score (nSPS) is 9.50. The minimum Gasteiger partial charge on any atom is -0.211 e. The lowest BCUT2D eigenvalue weighted by Gasteiger charge is -1.94. The van der Waals surface area contributed by atoms with E-state index < -0.39 is 6.55 Å². The molecular formula is C8H14F2N2. The lowest BCUT2D eigenvalue weighted by atomic mass is 10.3. The first-order chi connectivity index (χ1) is 5.74. The third-order valence-electron chi connectivity index (χ3n) is 1.26. The van der Waals surface area contributed by atoms with Crippen molar-refractivity contribution < 1.29 is 8.78 Å². The molecule has 0 aliphatic heterocycles. The SMILES string of the molecule is CC.CCc1cnn(C(F)F)c1. The van der Waals surface area contributed by atoms with Gasteiger partial charge in [-0.3, -0.25) is 0 Å². The highest BCUT2D eigenvalue weighted by Crippen LogP contribution is 2.09. The van der Waals surface area contributed by atoms with Gasteiger partial charge in [0, 0.05) is 6.20 Å². The van der Waals surface area contributed by atoms with Gasteiger partial charge >= 0.3 is 6.55 Å². The summed E-state index contributed by atoms with van der Waals surface area (Å²) >= 11 is 0. The molecule has 0 saturated carbocycles. The summed E-state index contributed by atoms with van der Waals surface area (Å²) in [5.74, 6) is 0. The van der Waals surface area contributed by atoms with Gasteiger partial charge in [0.2, 0.25) is 0 Å². The van der Waals surface area contributed by atoms with E-state index in [1.165, 1.54) is 12.4 Å². The summed E-state index contributed by atoms with van der Waals surface area (Å²) < 4.78 is 24.3. The van der Waals surface area contributed by atoms with Gasteiger partial charge < -0.3 is 0 Å². The van der Waals surface area contributed by atoms with Gasteiger partial charge in [-0.05, 0) is 12.0 Å². The van der Waals surface area contributed by atoms with Crippen LogP contribution in [0.2, 0.25) is 0 Å². The number of nitrogens with zero attached hydrogens (tertiary/aromatic N) is 2. The molecule has 0 unspecified atom stereocenters. The molecule has 0 amide bonds. The monoisotopic (exact) mass is 176 g/mol. The Labute approximate surface area is 71.2 Å². The van der Waals surface area contributed by atoms with Crippen LogP contribution < -0.4 is 0 Å². The first kappa shape index (κ1) is 11.1. The molecule has 0 aliphatic carbocycles. The first-order valence-corrected chi connectivity index (χ1v) is 4.05. The molecule has 0 radical (unpaired) electrons. The highest BCUT2D eigenvalue weighted by Gasteiger charge is 2.05. The van der Waals surface area contributed by atoms with Crippen LogP contribution in [0.15, 0.2) is 12.4 Å². The number of rotatable bonds is 2. The Balaban J connectivity index is 0.000000561. The van der Waals surface area contributed by atoms with E-state index in [0.29, 0.717) is 4.68 Å². The summed E-state index contributed by atoms with van der Waals surface area (Å²) in [6, 6.07) is 0. The van der Waals surface area contributed by atoms with Crippen molar-refractivity contribution in [3.63, 3.8) is 0 Å². The molecule has 4 heteroatoms. The molecule has 12 heavy (non-hydrogen) atoms. The maximum Gasteiger partial charge on any atom is 0.333 e. The van der Waals surface area contributed by atoms with Gasteiger partial charge in [0.25, 0.3) is 0 Å². The van der Waals surface area contributed by atoms with E-state index in [9.17, 15) is 8.78 Å². The van der Waals surface area contributed by atoms with Crippen LogP contribution in [0.1, 0.15) is 32.9 Å². The third kappa shape index (κ3) is 2.98. The van der Waals surface area contributed by atoms with Gasteiger partial charge in [-0.15, -0.1) is 0 Å². The zero-order chi connectivity index (χ0) is 9.56. The molecule has 0 spiro atoms. The number of halogens is 2. The molecule has 0 saturated heterocycles. The predicted octanol–water partition coefficient (Wildman–Crippen LogP) is 2.87. The number of aryl methyl sites for hydroxylation is 1. The number of aromatic nitrogens is 2. The van der Waals surface area contributed by atoms with E-state index in [2.05, 4.69) is 5.10 Å². The highest BCUT2D eigenvalue weighted by atomic mass is 19.3. The number of alkyl halides is 2. The van der Waals surface area contributed by atoms with Gasteiger partial charge in [0.15, 0.2) is 0 Å². The van der Waals surface area contributed by atoms with Gasteiger partial charge in [-0.1, -0.05) is 20.8 Å². The van der Waals surface area contributed by atoms with Crippen LogP contribution in [-0.2, 0) is 6.42 Å². The topological polar surface area (TPSA) is 17.8 Å². The minimum atomic E-state index is -2.51. The van der Waals surface area contributed by atoms with Crippen molar-refractivity contribution in [2.75, 3.05) is 0 Å². The fourth-order valence-electron chi connectivity index (χ4n) is 0.667. The predicted molar refractivity (Wildman–Crippen MR) is 44.2 cm³/mol. The van der Waals surface area contributed by atoms with Gasteiger partial charge in [-0.2, -0.15) is 13.9 Å². The second-order valence-corrected chi connectivity index (χ2v) is 1.96. The van der Waals surface area contributed by atoms with E-state index in [1.54, 1.807) is 0 Å². The molecule has 0 atom stereocenters. The molecular weight excluding hydrogens is 162 g/mol. The second kappa shape index (κ2) is 5.69. The Morgan fingerprint density at radius 3 is 2.33 bits per heavy atom. The summed E-state index contributed by atoms with van der Waals surface area (Å²) in [7, 11) is 0. The van der Waals surface area contributed by atoms with Crippen molar-refractivity contribution in [3.05, 3.63) is 18.0 Å². The van der Waals surface area contributed by atoms with Gasteiger partial charge in [-0.25, -0.2) is 4.68 Å². The van der Waals surface area contributed by atoms with Crippen molar-refractivity contribution in [1.82, 2.24) is 9.78 Å². The molecule has 0 N–H and O–H groups in total. The fourth-order valence-corrected chi connectivity index (χ4v) is 0.667. The van der Waals surface area contributed by atoms with E-state index in [4.69, 9.17) is 0 Å². The van der Waals surface area contributed by atoms with E-state index in [-0.39, 0.29) is 0 Å². The highest BCUT2D eigenvalue weighted by molar-refractivity contribution is 5.02. The van der Waals surface area contributed by atoms with E-state index in [0.717, 1.165) is 12.0 Å². The zero-order valence-electron chi connectivity index (χ0n) is 7.59. The molecule has 0 fully saturated rings. The summed E-state index contributed by atoms with van der Waals surface area (Å²) in [6.45, 7) is 3.38. The van der Waals surface area contributed by atoms with Crippen LogP contribution in [-0.4, -0.2) is 9.78 Å². The quantitative estimate of drug-likeness (QED) is 0.677. The average Bonchev–Trinajstić information content (AvgIpc) is 2.55. The summed E-state index contributed by atoms with van der Waals surface area (Å²) in [5, 5.41) is 3.45. The number of hydrogen-bond donors (Lipinski definition) is 0. The molecule has 0 aromatic carbocycles. The van der Waals surface area contributed by atoms with Gasteiger partial charge in [0.1, 0.15) is 0 Å². The molecule has 1 heterocycles. The van der Waals surface area contributed by atoms with Crippen molar-refractivity contribution >= 4 is 0 Å². The van der Waals surface area contributed by atoms with E-state index in [1.807, 2.05) is 20.8 Å². The summed E-state index contributed by atoms with van der Waals surface area (Å²) in [5.41, 5.74) is 0.834. The van der Waals surface area contributed by atoms with Crippen molar-refractivity contribution in [2.24, 2.45) is 0 Å². The molecule has 2 nitrogen and oxygen atoms in total. The first-order valence-electron chi connectivity index (χ1n) is 4.05. The number of hydrogen-bond acceptors (Lipinski definition) is 1. The Morgan fingerprint density at radius 2 is 2.08 bits per heavy atom. The second-order valence-electron chi connectivity index (χ2n) is 1.96. The Kier molecular flexibility index (Phi) is 5.25. The smallest absolute Gasteiger partial charge is 0.211 e. The fraction of sp³-hybridized carbons (Fsp3) is 0.625. The Bertz CT molecular complexity index is 209. The summed E-state index contributed by atoms with van der Waals surface area (Å²) in [6.07, 6.45) is 3.55. The van der Waals surface area contributed by atoms with Gasteiger partial charge in [0.05, 0.1) is 6.20 Å². The van der Waals surface area contributed by atoms with Crippen LogP contribution in [0.5, 0.6) is 0 Å². The lowest BCUT2D eigenvalue weighted by molar-refractivity contribution is 0.0565. The van der Waals surface area contributed by atoms with Crippen LogP contribution in [0, 0.1) is 0 Å². The third-order valence-corrected chi connectivity index (χ3v) is 1.26. The molecule has 0 bridgehead atoms. The van der Waals surface area contributed by atoms with Crippen LogP contribution >= 0.6 is 0 Å². The van der Waals surface area contributed by atoms with E-state index >= 15 is 0 Å². The van der Waals surface area contributed by atoms with Crippen molar-refractivity contribution in [2.45, 2.75) is 33.7 Å². The zero-order valence-corrected chi connectivity index (χ0v) is 7.59. The van der Waals surface area contributed by atoms with Crippen LogP contribution in [0.25, 0.3) is 0 Å². The molecule has 1 aromatic heterocycles. The van der Waals surface area contributed by atoms with Crippen LogP contribution in [0.3, 0.4) is 0 Å². The Hall–Kier alpha value is -0.930. The molecule has 1 aromatic rings. The van der Waals surface area contributed by atoms with Crippen molar-refractivity contribution in [3.8, 4) is 0 Å². The lowest BCUT2D eigenvalue weighted by Crippen LogP contribution is -1.96.